The first-order valence-electron chi connectivity index (χ1n) is 6.81. The smallest absolute Gasteiger partial charge is 0.134 e. The van der Waals surface area contributed by atoms with Gasteiger partial charge in [-0.2, -0.15) is 0 Å². The van der Waals surface area contributed by atoms with Gasteiger partial charge >= 0.3 is 0 Å². The highest BCUT2D eigenvalue weighted by Gasteiger charge is 2.23. The topological polar surface area (TPSA) is 45.8 Å². The van der Waals surface area contributed by atoms with Crippen LogP contribution in [0.5, 0.6) is 0 Å². The standard InChI is InChI=1S/C14H23NO3/c1-12-5-6-13(18-12)14-11-15(8-10-17-14)7-3-2-4-9-16/h5-6,14,16H,2-4,7-11H2,1H3. The normalized spacial score (nSPS) is 21.3. The van der Waals surface area contributed by atoms with Gasteiger partial charge in [0.05, 0.1) is 6.61 Å². The predicted octanol–water partition coefficient (Wildman–Crippen LogP) is 2.12. The largest absolute Gasteiger partial charge is 0.464 e. The molecule has 18 heavy (non-hydrogen) atoms. The first-order chi connectivity index (χ1) is 8.79. The van der Waals surface area contributed by atoms with Crippen molar-refractivity contribution in [1.82, 2.24) is 4.90 Å². The van der Waals surface area contributed by atoms with E-state index in [0.29, 0.717) is 6.61 Å². The van der Waals surface area contributed by atoms with E-state index in [1.54, 1.807) is 0 Å². The van der Waals surface area contributed by atoms with Gasteiger partial charge in [0.1, 0.15) is 17.6 Å². The first kappa shape index (κ1) is 13.6. The van der Waals surface area contributed by atoms with Crippen LogP contribution in [-0.4, -0.2) is 42.9 Å². The van der Waals surface area contributed by atoms with Gasteiger partial charge < -0.3 is 14.3 Å². The van der Waals surface area contributed by atoms with E-state index in [2.05, 4.69) is 4.90 Å². The molecule has 0 aliphatic carbocycles. The summed E-state index contributed by atoms with van der Waals surface area (Å²) >= 11 is 0. The van der Waals surface area contributed by atoms with Gasteiger partial charge in [-0.3, -0.25) is 4.90 Å². The first-order valence-corrected chi connectivity index (χ1v) is 6.81. The molecule has 0 aromatic carbocycles. The SMILES string of the molecule is Cc1ccc(C2CN(CCCCCO)CCO2)o1. The summed E-state index contributed by atoms with van der Waals surface area (Å²) in [5, 5.41) is 8.75. The third-order valence-electron chi connectivity index (χ3n) is 3.36. The fraction of sp³-hybridized carbons (Fsp3) is 0.714. The molecule has 0 amide bonds. The second kappa shape index (κ2) is 6.92. The Labute approximate surface area is 109 Å². The van der Waals surface area contributed by atoms with Crippen molar-refractivity contribution in [3.8, 4) is 0 Å². The Morgan fingerprint density at radius 2 is 2.22 bits per heavy atom. The Morgan fingerprint density at radius 1 is 1.33 bits per heavy atom. The molecule has 1 aliphatic heterocycles. The lowest BCUT2D eigenvalue weighted by Crippen LogP contribution is -2.38. The summed E-state index contributed by atoms with van der Waals surface area (Å²) in [5.41, 5.74) is 0. The highest BCUT2D eigenvalue weighted by Crippen LogP contribution is 2.24. The van der Waals surface area contributed by atoms with E-state index in [4.69, 9.17) is 14.3 Å². The molecule has 0 bridgehead atoms. The Kier molecular flexibility index (Phi) is 5.23. The molecule has 0 saturated carbocycles. The molecule has 102 valence electrons. The van der Waals surface area contributed by atoms with Crippen molar-refractivity contribution in [2.75, 3.05) is 32.8 Å². The molecule has 1 saturated heterocycles. The molecule has 1 fully saturated rings. The molecular weight excluding hydrogens is 230 g/mol. The number of morpholine rings is 1. The predicted molar refractivity (Wildman–Crippen MR) is 69.5 cm³/mol. The lowest BCUT2D eigenvalue weighted by molar-refractivity contribution is -0.0406. The van der Waals surface area contributed by atoms with E-state index >= 15 is 0 Å². The van der Waals surface area contributed by atoms with Crippen LogP contribution in [0.2, 0.25) is 0 Å². The van der Waals surface area contributed by atoms with Gasteiger partial charge in [0, 0.05) is 19.7 Å². The quantitative estimate of drug-likeness (QED) is 0.789. The van der Waals surface area contributed by atoms with E-state index in [-0.39, 0.29) is 6.10 Å². The van der Waals surface area contributed by atoms with E-state index in [0.717, 1.165) is 57.0 Å². The van der Waals surface area contributed by atoms with Crippen LogP contribution in [0.4, 0.5) is 0 Å². The lowest BCUT2D eigenvalue weighted by Gasteiger charge is -2.31. The van der Waals surface area contributed by atoms with Crippen LogP contribution in [-0.2, 0) is 4.74 Å². The van der Waals surface area contributed by atoms with Gasteiger partial charge in [-0.05, 0) is 44.9 Å². The average Bonchev–Trinajstić information content (AvgIpc) is 2.82. The second-order valence-electron chi connectivity index (χ2n) is 4.89. The van der Waals surface area contributed by atoms with Crippen molar-refractivity contribution < 1.29 is 14.3 Å². The van der Waals surface area contributed by atoms with Crippen molar-refractivity contribution in [3.63, 3.8) is 0 Å². The molecule has 1 aromatic rings. The molecule has 1 N–H and O–H groups in total. The highest BCUT2D eigenvalue weighted by atomic mass is 16.5. The molecule has 1 aliphatic rings. The summed E-state index contributed by atoms with van der Waals surface area (Å²) in [6.07, 6.45) is 3.22. The van der Waals surface area contributed by atoms with Gasteiger partial charge in [-0.15, -0.1) is 0 Å². The third kappa shape index (κ3) is 3.83. The summed E-state index contributed by atoms with van der Waals surface area (Å²) in [7, 11) is 0. The van der Waals surface area contributed by atoms with E-state index in [1.807, 2.05) is 19.1 Å². The zero-order chi connectivity index (χ0) is 12.8. The van der Waals surface area contributed by atoms with Gasteiger partial charge in [0.2, 0.25) is 0 Å². The Bertz CT molecular complexity index is 351. The van der Waals surface area contributed by atoms with Gasteiger partial charge in [-0.25, -0.2) is 0 Å². The van der Waals surface area contributed by atoms with E-state index in [1.165, 1.54) is 0 Å². The minimum absolute atomic E-state index is 0.0743. The number of aliphatic hydroxyl groups excluding tert-OH is 1. The fourth-order valence-electron chi connectivity index (χ4n) is 2.33. The van der Waals surface area contributed by atoms with Gasteiger partial charge in [0.25, 0.3) is 0 Å². The number of aryl methyl sites for hydroxylation is 1. The molecule has 4 heteroatoms. The van der Waals surface area contributed by atoms with Crippen LogP contribution >= 0.6 is 0 Å². The average molecular weight is 253 g/mol. The molecule has 1 atom stereocenters. The molecule has 0 radical (unpaired) electrons. The number of nitrogens with zero attached hydrogens (tertiary/aromatic N) is 1. The third-order valence-corrected chi connectivity index (χ3v) is 3.36. The Hall–Kier alpha value is -0.840. The van der Waals surface area contributed by atoms with Crippen LogP contribution in [0.1, 0.15) is 36.9 Å². The maximum Gasteiger partial charge on any atom is 0.134 e. The second-order valence-corrected chi connectivity index (χ2v) is 4.89. The number of furan rings is 1. The number of aliphatic hydroxyl groups is 1. The summed E-state index contributed by atoms with van der Waals surface area (Å²) in [4.78, 5) is 2.42. The highest BCUT2D eigenvalue weighted by molar-refractivity contribution is 5.09. The van der Waals surface area contributed by atoms with Gasteiger partial charge in [-0.1, -0.05) is 0 Å². The summed E-state index contributed by atoms with van der Waals surface area (Å²) < 4.78 is 11.4. The number of ether oxygens (including phenoxy) is 1. The van der Waals surface area contributed by atoms with E-state index in [9.17, 15) is 0 Å². The van der Waals surface area contributed by atoms with E-state index < -0.39 is 0 Å². The zero-order valence-corrected chi connectivity index (χ0v) is 11.1. The number of rotatable bonds is 6. The van der Waals surface area contributed by atoms with Crippen molar-refractivity contribution in [1.29, 1.82) is 0 Å². The van der Waals surface area contributed by atoms with Crippen LogP contribution in [0.15, 0.2) is 16.5 Å². The molecule has 1 unspecified atom stereocenters. The summed E-state index contributed by atoms with van der Waals surface area (Å²) in [5.74, 6) is 1.88. The molecule has 1 aromatic heterocycles. The van der Waals surface area contributed by atoms with Crippen molar-refractivity contribution in [2.45, 2.75) is 32.3 Å². The minimum atomic E-state index is 0.0743. The lowest BCUT2D eigenvalue weighted by atomic mass is 10.2. The van der Waals surface area contributed by atoms with Crippen LogP contribution in [0.25, 0.3) is 0 Å². The number of hydrogen-bond acceptors (Lipinski definition) is 4. The molecular formula is C14H23NO3. The zero-order valence-electron chi connectivity index (χ0n) is 11.1. The summed E-state index contributed by atoms with van der Waals surface area (Å²) in [6, 6.07) is 3.99. The van der Waals surface area contributed by atoms with Crippen LogP contribution in [0, 0.1) is 6.92 Å². The van der Waals surface area contributed by atoms with Crippen LogP contribution < -0.4 is 0 Å². The maximum atomic E-state index is 8.75. The monoisotopic (exact) mass is 253 g/mol. The van der Waals surface area contributed by atoms with Crippen molar-refractivity contribution >= 4 is 0 Å². The molecule has 2 heterocycles. The Morgan fingerprint density at radius 3 is 2.94 bits per heavy atom. The molecule has 2 rings (SSSR count). The fourth-order valence-corrected chi connectivity index (χ4v) is 2.33. The molecule has 0 spiro atoms. The van der Waals surface area contributed by atoms with Crippen molar-refractivity contribution in [3.05, 3.63) is 23.7 Å². The maximum absolute atomic E-state index is 8.75. The Balaban J connectivity index is 1.77. The van der Waals surface area contributed by atoms with Crippen molar-refractivity contribution in [2.24, 2.45) is 0 Å². The minimum Gasteiger partial charge on any atom is -0.464 e. The number of unbranched alkanes of at least 4 members (excludes halogenated alkanes) is 2. The van der Waals surface area contributed by atoms with Gasteiger partial charge in [0.15, 0.2) is 0 Å². The number of hydrogen-bond donors (Lipinski definition) is 1. The molecule has 4 nitrogen and oxygen atoms in total. The summed E-state index contributed by atoms with van der Waals surface area (Å²) in [6.45, 7) is 6.02. The van der Waals surface area contributed by atoms with Crippen LogP contribution in [0.3, 0.4) is 0 Å².